The van der Waals surface area contributed by atoms with Gasteiger partial charge in [0.1, 0.15) is 22.6 Å². The van der Waals surface area contributed by atoms with Crippen LogP contribution in [0.3, 0.4) is 0 Å². The average Bonchev–Trinajstić information content (AvgIpc) is 3.60. The topological polar surface area (TPSA) is 97.8 Å². The number of furan rings is 1. The van der Waals surface area contributed by atoms with Crippen molar-refractivity contribution in [2.24, 2.45) is 0 Å². The number of benzene rings is 3. The number of aryl methyl sites for hydroxylation is 1. The molecular weight excluding hydrogens is 574 g/mol. The molecule has 1 aliphatic rings. The summed E-state index contributed by atoms with van der Waals surface area (Å²) in [4.78, 5) is 28.8. The molecule has 0 unspecified atom stereocenters. The summed E-state index contributed by atoms with van der Waals surface area (Å²) in [6.07, 6.45) is 1.62. The zero-order chi connectivity index (χ0) is 27.9. The molecule has 0 spiro atoms. The second-order valence-corrected chi connectivity index (χ2v) is 10.9. The predicted octanol–water partition coefficient (Wildman–Crippen LogP) is 5.88. The molecule has 0 atom stereocenters. The van der Waals surface area contributed by atoms with E-state index in [9.17, 15) is 9.59 Å². The molecule has 1 aliphatic heterocycles. The molecule has 3 heterocycles. The van der Waals surface area contributed by atoms with Gasteiger partial charge in [0.05, 0.1) is 19.7 Å². The molecule has 5 aromatic rings. The smallest absolute Gasteiger partial charge is 0.257 e. The Morgan fingerprint density at radius 2 is 1.88 bits per heavy atom. The Balaban J connectivity index is 1.25. The highest BCUT2D eigenvalue weighted by atomic mass is 79.9. The van der Waals surface area contributed by atoms with E-state index in [1.54, 1.807) is 24.1 Å². The number of hydrogen-bond donors (Lipinski definition) is 1. The first-order valence-electron chi connectivity index (χ1n) is 12.8. The van der Waals surface area contributed by atoms with E-state index in [0.717, 1.165) is 32.1 Å². The maximum atomic E-state index is 13.6. The van der Waals surface area contributed by atoms with E-state index >= 15 is 0 Å². The van der Waals surface area contributed by atoms with Crippen molar-refractivity contribution in [2.75, 3.05) is 20.2 Å². The number of likely N-dealkylation sites (tertiary alicyclic amines) is 1. The van der Waals surface area contributed by atoms with Crippen LogP contribution in [0.25, 0.3) is 22.3 Å². The molecule has 0 saturated carbocycles. The van der Waals surface area contributed by atoms with Gasteiger partial charge in [0.25, 0.3) is 5.91 Å². The van der Waals surface area contributed by atoms with E-state index in [0.29, 0.717) is 24.6 Å². The monoisotopic (exact) mass is 599 g/mol. The fraction of sp³-hybridized carbons (Fsp3) is 0.194. The summed E-state index contributed by atoms with van der Waals surface area (Å²) < 4.78 is 17.3. The van der Waals surface area contributed by atoms with Gasteiger partial charge in [0.15, 0.2) is 5.76 Å². The van der Waals surface area contributed by atoms with Crippen molar-refractivity contribution in [1.82, 2.24) is 15.4 Å². The number of methoxy groups -OCH3 is 1. The van der Waals surface area contributed by atoms with Crippen molar-refractivity contribution in [3.05, 3.63) is 106 Å². The summed E-state index contributed by atoms with van der Waals surface area (Å²) >= 11 is 3.48. The Morgan fingerprint density at radius 1 is 1.07 bits per heavy atom. The van der Waals surface area contributed by atoms with Crippen LogP contribution < -0.4 is 10.1 Å². The molecule has 3 aromatic carbocycles. The number of aromatic nitrogens is 1. The lowest BCUT2D eigenvalue weighted by molar-refractivity contribution is -0.139. The Kier molecular flexibility index (Phi) is 6.67. The molecule has 1 saturated heterocycles. The van der Waals surface area contributed by atoms with Gasteiger partial charge in [-0.1, -0.05) is 57.5 Å². The summed E-state index contributed by atoms with van der Waals surface area (Å²) in [5.74, 6) is 1.74. The summed E-state index contributed by atoms with van der Waals surface area (Å²) in [5.41, 5.74) is 1.31. The van der Waals surface area contributed by atoms with Gasteiger partial charge < -0.3 is 23.9 Å². The number of carbonyl (C=O) groups is 2. The Labute approximate surface area is 239 Å². The molecule has 0 radical (unpaired) electrons. The summed E-state index contributed by atoms with van der Waals surface area (Å²) in [6.45, 7) is 2.47. The molecule has 0 aliphatic carbocycles. The van der Waals surface area contributed by atoms with E-state index in [4.69, 9.17) is 13.7 Å². The molecule has 2 aromatic heterocycles. The van der Waals surface area contributed by atoms with Crippen LogP contribution in [0, 0.1) is 6.92 Å². The van der Waals surface area contributed by atoms with Gasteiger partial charge in [-0.2, -0.15) is 0 Å². The van der Waals surface area contributed by atoms with Crippen LogP contribution in [0.1, 0.15) is 27.2 Å². The maximum Gasteiger partial charge on any atom is 0.257 e. The molecule has 9 heteroatoms. The summed E-state index contributed by atoms with van der Waals surface area (Å²) in [5, 5.41) is 9.04. The molecular formula is C31H26BrN3O5. The van der Waals surface area contributed by atoms with E-state index in [1.807, 2.05) is 67.6 Å². The standard InChI is InChI=1S/C31H26BrN3O5/c1-19-6-13-27(39-19)29-26(16-33-40-29)30(37)34-31(22-8-10-23(32)11-9-22)17-35(18-31)28(36)14-21-5-3-4-20-7-12-24(38-2)15-25(20)21/h3-13,15-16H,14,17-18H2,1-2H3,(H,34,37). The minimum atomic E-state index is -0.775. The fourth-order valence-electron chi connectivity index (χ4n) is 5.18. The van der Waals surface area contributed by atoms with Gasteiger partial charge in [-0.25, -0.2) is 0 Å². The van der Waals surface area contributed by atoms with Crippen molar-refractivity contribution in [3.8, 4) is 17.3 Å². The van der Waals surface area contributed by atoms with Crippen LogP contribution >= 0.6 is 15.9 Å². The molecule has 2 amide bonds. The maximum absolute atomic E-state index is 13.6. The predicted molar refractivity (Wildman–Crippen MR) is 153 cm³/mol. The zero-order valence-electron chi connectivity index (χ0n) is 21.9. The van der Waals surface area contributed by atoms with Gasteiger partial charge in [0.2, 0.25) is 11.7 Å². The number of amides is 2. The third-order valence-corrected chi connectivity index (χ3v) is 7.85. The largest absolute Gasteiger partial charge is 0.497 e. The number of rotatable bonds is 7. The lowest BCUT2D eigenvalue weighted by Crippen LogP contribution is -2.69. The number of halogens is 1. The number of ether oxygens (including phenoxy) is 1. The van der Waals surface area contributed by atoms with E-state index < -0.39 is 5.54 Å². The van der Waals surface area contributed by atoms with Gasteiger partial charge in [-0.05, 0) is 65.2 Å². The zero-order valence-corrected chi connectivity index (χ0v) is 23.5. The van der Waals surface area contributed by atoms with E-state index in [-0.39, 0.29) is 29.6 Å². The number of carbonyl (C=O) groups excluding carboxylic acids is 2. The van der Waals surface area contributed by atoms with Gasteiger partial charge in [0, 0.05) is 17.6 Å². The third-order valence-electron chi connectivity index (χ3n) is 7.32. The van der Waals surface area contributed by atoms with Crippen molar-refractivity contribution < 1.29 is 23.3 Å². The summed E-state index contributed by atoms with van der Waals surface area (Å²) in [7, 11) is 1.63. The minimum absolute atomic E-state index is 0.0194. The highest BCUT2D eigenvalue weighted by molar-refractivity contribution is 9.10. The van der Waals surface area contributed by atoms with Gasteiger partial charge in [-0.3, -0.25) is 9.59 Å². The van der Waals surface area contributed by atoms with E-state index in [2.05, 4.69) is 26.4 Å². The number of fused-ring (bicyclic) bond motifs is 1. The SMILES string of the molecule is COc1ccc2cccc(CC(=O)N3CC(NC(=O)c4cnoc4-c4ccc(C)o4)(c4ccc(Br)cc4)C3)c2c1. The highest BCUT2D eigenvalue weighted by Crippen LogP contribution is 2.35. The van der Waals surface area contributed by atoms with Crippen LogP contribution in [0.5, 0.6) is 5.75 Å². The number of nitrogens with one attached hydrogen (secondary N) is 1. The normalized spacial score (nSPS) is 14.1. The molecule has 0 bridgehead atoms. The Hall–Kier alpha value is -4.37. The van der Waals surface area contributed by atoms with Crippen molar-refractivity contribution in [3.63, 3.8) is 0 Å². The summed E-state index contributed by atoms with van der Waals surface area (Å²) in [6, 6.07) is 23.1. The Morgan fingerprint density at radius 3 is 2.60 bits per heavy atom. The number of nitrogens with zero attached hydrogens (tertiary/aromatic N) is 2. The molecule has 1 fully saturated rings. The van der Waals surface area contributed by atoms with Crippen LogP contribution in [0.15, 0.2) is 92.4 Å². The van der Waals surface area contributed by atoms with Gasteiger partial charge in [-0.15, -0.1) is 0 Å². The number of hydrogen-bond acceptors (Lipinski definition) is 6. The van der Waals surface area contributed by atoms with Crippen LogP contribution in [-0.4, -0.2) is 42.1 Å². The lowest BCUT2D eigenvalue weighted by atomic mass is 9.81. The second kappa shape index (κ2) is 10.3. The first kappa shape index (κ1) is 25.9. The molecule has 6 rings (SSSR count). The third kappa shape index (κ3) is 4.77. The Bertz CT molecular complexity index is 1720. The van der Waals surface area contributed by atoms with E-state index in [1.165, 1.54) is 6.20 Å². The van der Waals surface area contributed by atoms with Crippen LogP contribution in [0.2, 0.25) is 0 Å². The average molecular weight is 600 g/mol. The molecule has 8 nitrogen and oxygen atoms in total. The quantitative estimate of drug-likeness (QED) is 0.251. The van der Waals surface area contributed by atoms with Crippen LogP contribution in [0.4, 0.5) is 0 Å². The fourth-order valence-corrected chi connectivity index (χ4v) is 5.44. The second-order valence-electron chi connectivity index (χ2n) is 9.95. The minimum Gasteiger partial charge on any atom is -0.497 e. The van der Waals surface area contributed by atoms with Crippen molar-refractivity contribution in [2.45, 2.75) is 18.9 Å². The first-order valence-corrected chi connectivity index (χ1v) is 13.6. The highest BCUT2D eigenvalue weighted by Gasteiger charge is 2.48. The first-order chi connectivity index (χ1) is 19.3. The molecule has 1 N–H and O–H groups in total. The molecule has 40 heavy (non-hydrogen) atoms. The van der Waals surface area contributed by atoms with Crippen molar-refractivity contribution >= 4 is 38.5 Å². The van der Waals surface area contributed by atoms with Gasteiger partial charge >= 0.3 is 0 Å². The van der Waals surface area contributed by atoms with Crippen LogP contribution in [-0.2, 0) is 16.8 Å². The molecule has 202 valence electrons. The lowest BCUT2D eigenvalue weighted by Gasteiger charge is -2.51. The van der Waals surface area contributed by atoms with Crippen molar-refractivity contribution in [1.29, 1.82) is 0 Å².